The van der Waals surface area contributed by atoms with Gasteiger partial charge in [-0.3, -0.25) is 4.79 Å². The second-order valence-corrected chi connectivity index (χ2v) is 2.52. The SMILES string of the molecule is O=Cc1cccc(F)c1C#CCCl. The molecule has 1 aromatic carbocycles. The van der Waals surface area contributed by atoms with Gasteiger partial charge < -0.3 is 0 Å². The molecule has 0 aromatic heterocycles. The van der Waals surface area contributed by atoms with Crippen LogP contribution in [0.3, 0.4) is 0 Å². The first-order valence-corrected chi connectivity index (χ1v) is 4.11. The van der Waals surface area contributed by atoms with Gasteiger partial charge in [0, 0.05) is 5.56 Å². The van der Waals surface area contributed by atoms with Crippen molar-refractivity contribution < 1.29 is 9.18 Å². The van der Waals surface area contributed by atoms with E-state index in [-0.39, 0.29) is 17.0 Å². The van der Waals surface area contributed by atoms with Crippen molar-refractivity contribution in [3.8, 4) is 11.8 Å². The Morgan fingerprint density at radius 3 is 2.92 bits per heavy atom. The van der Waals surface area contributed by atoms with E-state index in [9.17, 15) is 9.18 Å². The standard InChI is InChI=1S/C10H6ClFO/c11-6-2-4-9-8(7-13)3-1-5-10(9)12/h1,3,5,7H,6H2. The lowest BCUT2D eigenvalue weighted by atomic mass is 10.1. The Morgan fingerprint density at radius 1 is 1.54 bits per heavy atom. The van der Waals surface area contributed by atoms with Crippen LogP contribution in [0.25, 0.3) is 0 Å². The molecule has 0 aliphatic carbocycles. The summed E-state index contributed by atoms with van der Waals surface area (Å²) in [5.74, 6) is 4.61. The minimum Gasteiger partial charge on any atom is -0.298 e. The average Bonchev–Trinajstić information content (AvgIpc) is 2.15. The second-order valence-electron chi connectivity index (χ2n) is 2.26. The molecular formula is C10H6ClFO. The third-order valence-electron chi connectivity index (χ3n) is 1.45. The first kappa shape index (κ1) is 9.76. The predicted molar refractivity (Wildman–Crippen MR) is 49.4 cm³/mol. The molecular weight excluding hydrogens is 191 g/mol. The molecule has 0 atom stereocenters. The summed E-state index contributed by atoms with van der Waals surface area (Å²) in [6.07, 6.45) is 0.571. The maximum Gasteiger partial charge on any atom is 0.151 e. The topological polar surface area (TPSA) is 17.1 Å². The molecule has 0 bridgehead atoms. The molecule has 0 N–H and O–H groups in total. The van der Waals surface area contributed by atoms with Gasteiger partial charge in [0.25, 0.3) is 0 Å². The Kier molecular flexibility index (Phi) is 3.48. The summed E-state index contributed by atoms with van der Waals surface area (Å²) in [6.45, 7) is 0. The van der Waals surface area contributed by atoms with E-state index in [0.717, 1.165) is 0 Å². The summed E-state index contributed by atoms with van der Waals surface area (Å²) in [6, 6.07) is 4.23. The van der Waals surface area contributed by atoms with Gasteiger partial charge in [-0.2, -0.15) is 0 Å². The predicted octanol–water partition coefficient (Wildman–Crippen LogP) is 2.23. The van der Waals surface area contributed by atoms with Crippen LogP contribution in [0.5, 0.6) is 0 Å². The molecule has 0 aliphatic rings. The van der Waals surface area contributed by atoms with Gasteiger partial charge in [0.15, 0.2) is 6.29 Å². The summed E-state index contributed by atoms with van der Waals surface area (Å²) < 4.78 is 13.1. The highest BCUT2D eigenvalue weighted by molar-refractivity contribution is 6.19. The Balaban J connectivity index is 3.22. The molecule has 0 fully saturated rings. The van der Waals surface area contributed by atoms with E-state index in [4.69, 9.17) is 11.6 Å². The molecule has 0 saturated heterocycles. The van der Waals surface area contributed by atoms with Crippen LogP contribution in [-0.4, -0.2) is 12.2 Å². The molecule has 66 valence electrons. The molecule has 1 aromatic rings. The quantitative estimate of drug-likeness (QED) is 0.383. The fraction of sp³-hybridized carbons (Fsp3) is 0.100. The van der Waals surface area contributed by atoms with E-state index in [1.807, 2.05) is 0 Å². The lowest BCUT2D eigenvalue weighted by Gasteiger charge is -1.96. The minimum absolute atomic E-state index is 0.109. The highest BCUT2D eigenvalue weighted by Gasteiger charge is 2.03. The molecule has 0 unspecified atom stereocenters. The molecule has 0 aliphatic heterocycles. The number of hydrogen-bond acceptors (Lipinski definition) is 1. The Hall–Kier alpha value is -1.33. The van der Waals surface area contributed by atoms with Gasteiger partial charge in [0.2, 0.25) is 0 Å². The van der Waals surface area contributed by atoms with Crippen LogP contribution >= 0.6 is 11.6 Å². The zero-order valence-electron chi connectivity index (χ0n) is 6.68. The molecule has 1 nitrogen and oxygen atoms in total. The smallest absolute Gasteiger partial charge is 0.151 e. The molecule has 1 rings (SSSR count). The summed E-state index contributed by atoms with van der Waals surface area (Å²) in [5, 5.41) is 0. The van der Waals surface area contributed by atoms with E-state index in [1.165, 1.54) is 18.2 Å². The van der Waals surface area contributed by atoms with Crippen LogP contribution in [0.2, 0.25) is 0 Å². The van der Waals surface area contributed by atoms with Crippen molar-refractivity contribution >= 4 is 17.9 Å². The van der Waals surface area contributed by atoms with Crippen LogP contribution in [0.4, 0.5) is 4.39 Å². The monoisotopic (exact) mass is 196 g/mol. The van der Waals surface area contributed by atoms with Gasteiger partial charge in [-0.25, -0.2) is 4.39 Å². The zero-order chi connectivity index (χ0) is 9.68. The highest BCUT2D eigenvalue weighted by atomic mass is 35.5. The Morgan fingerprint density at radius 2 is 2.31 bits per heavy atom. The van der Waals surface area contributed by atoms with Crippen molar-refractivity contribution in [2.24, 2.45) is 0 Å². The average molecular weight is 197 g/mol. The second kappa shape index (κ2) is 4.64. The number of rotatable bonds is 1. The van der Waals surface area contributed by atoms with E-state index in [2.05, 4.69) is 11.8 Å². The molecule has 0 spiro atoms. The molecule has 3 heteroatoms. The number of benzene rings is 1. The van der Waals surface area contributed by atoms with Gasteiger partial charge in [0.1, 0.15) is 5.82 Å². The number of hydrogen-bond donors (Lipinski definition) is 0. The van der Waals surface area contributed by atoms with E-state index >= 15 is 0 Å². The highest BCUT2D eigenvalue weighted by Crippen LogP contribution is 2.09. The number of aldehydes is 1. The van der Waals surface area contributed by atoms with Crippen molar-refractivity contribution in [1.29, 1.82) is 0 Å². The van der Waals surface area contributed by atoms with Crippen LogP contribution in [0.15, 0.2) is 18.2 Å². The van der Waals surface area contributed by atoms with Crippen LogP contribution < -0.4 is 0 Å². The first-order valence-electron chi connectivity index (χ1n) is 3.58. The lowest BCUT2D eigenvalue weighted by Crippen LogP contribution is -1.91. The van der Waals surface area contributed by atoms with Gasteiger partial charge in [-0.05, 0) is 6.07 Å². The van der Waals surface area contributed by atoms with Crippen molar-refractivity contribution in [2.45, 2.75) is 0 Å². The summed E-state index contributed by atoms with van der Waals surface area (Å²) in [5.41, 5.74) is 0.357. The van der Waals surface area contributed by atoms with Crippen molar-refractivity contribution in [1.82, 2.24) is 0 Å². The van der Waals surface area contributed by atoms with Crippen LogP contribution in [0, 0.1) is 17.7 Å². The zero-order valence-corrected chi connectivity index (χ0v) is 7.44. The molecule has 0 saturated carbocycles. The van der Waals surface area contributed by atoms with E-state index < -0.39 is 5.82 Å². The molecule has 13 heavy (non-hydrogen) atoms. The lowest BCUT2D eigenvalue weighted by molar-refractivity contribution is 0.112. The van der Waals surface area contributed by atoms with E-state index in [0.29, 0.717) is 6.29 Å². The number of halogens is 2. The molecule has 0 amide bonds. The normalized spacial score (nSPS) is 8.77. The summed E-state index contributed by atoms with van der Waals surface area (Å²) >= 11 is 5.31. The maximum atomic E-state index is 13.1. The summed E-state index contributed by atoms with van der Waals surface area (Å²) in [7, 11) is 0. The van der Waals surface area contributed by atoms with Crippen molar-refractivity contribution in [3.63, 3.8) is 0 Å². The van der Waals surface area contributed by atoms with Gasteiger partial charge >= 0.3 is 0 Å². The number of carbonyl (C=O) groups excluding carboxylic acids is 1. The van der Waals surface area contributed by atoms with Crippen LogP contribution in [0.1, 0.15) is 15.9 Å². The van der Waals surface area contributed by atoms with Crippen molar-refractivity contribution in [3.05, 3.63) is 35.1 Å². The largest absolute Gasteiger partial charge is 0.298 e. The third-order valence-corrected chi connectivity index (χ3v) is 1.59. The Labute approximate surface area is 80.5 Å². The summed E-state index contributed by atoms with van der Waals surface area (Å²) in [4.78, 5) is 10.5. The van der Waals surface area contributed by atoms with E-state index in [1.54, 1.807) is 0 Å². The number of carbonyl (C=O) groups is 1. The molecule has 0 radical (unpaired) electrons. The first-order chi connectivity index (χ1) is 6.29. The van der Waals surface area contributed by atoms with Gasteiger partial charge in [-0.15, -0.1) is 11.6 Å². The number of alkyl halides is 1. The van der Waals surface area contributed by atoms with Gasteiger partial charge in [-0.1, -0.05) is 24.0 Å². The van der Waals surface area contributed by atoms with Crippen LogP contribution in [-0.2, 0) is 0 Å². The van der Waals surface area contributed by atoms with Gasteiger partial charge in [0.05, 0.1) is 11.4 Å². The maximum absolute atomic E-state index is 13.1. The molecule has 0 heterocycles. The minimum atomic E-state index is -0.498. The third kappa shape index (κ3) is 2.30. The van der Waals surface area contributed by atoms with Crippen molar-refractivity contribution in [2.75, 3.05) is 5.88 Å². The Bertz CT molecular complexity index is 376. The fourth-order valence-electron chi connectivity index (χ4n) is 0.893. The fourth-order valence-corrected chi connectivity index (χ4v) is 0.960.